The zero-order valence-corrected chi connectivity index (χ0v) is 12.0. The van der Waals surface area contributed by atoms with Gasteiger partial charge in [0.25, 0.3) is 0 Å². The molecule has 1 aromatic rings. The molecule has 1 heterocycles. The van der Waals surface area contributed by atoms with Gasteiger partial charge in [-0.05, 0) is 37.9 Å². The third-order valence-corrected chi connectivity index (χ3v) is 3.47. The molecule has 0 fully saturated rings. The van der Waals surface area contributed by atoms with Crippen LogP contribution in [0.25, 0.3) is 0 Å². The Kier molecular flexibility index (Phi) is 5.50. The van der Waals surface area contributed by atoms with Gasteiger partial charge < -0.3 is 11.1 Å². The number of hydrogen-bond donors (Lipinski definition) is 2. The number of carbonyl (C=O) groups excluding carboxylic acids is 1. The van der Waals surface area contributed by atoms with Crippen LogP contribution in [0.2, 0.25) is 0 Å². The third kappa shape index (κ3) is 4.26. The summed E-state index contributed by atoms with van der Waals surface area (Å²) in [5.41, 5.74) is 4.97. The minimum Gasteiger partial charge on any atom is -0.369 e. The molecule has 3 N–H and O–H groups in total. The highest BCUT2D eigenvalue weighted by molar-refractivity contribution is 9.11. The number of primary amides is 1. The Labute approximate surface area is 113 Å². The van der Waals surface area contributed by atoms with E-state index in [0.29, 0.717) is 16.2 Å². The molecule has 0 radical (unpaired) electrons. The van der Waals surface area contributed by atoms with Gasteiger partial charge in [-0.15, -0.1) is 11.8 Å². The van der Waals surface area contributed by atoms with Crippen LogP contribution >= 0.6 is 43.6 Å². The third-order valence-electron chi connectivity index (χ3n) is 1.47. The van der Waals surface area contributed by atoms with Crippen LogP contribution in [0.3, 0.4) is 0 Å². The fourth-order valence-corrected chi connectivity index (χ4v) is 2.46. The Morgan fingerprint density at radius 3 is 2.88 bits per heavy atom. The number of nitrogens with two attached hydrogens (primary N) is 1. The van der Waals surface area contributed by atoms with Crippen LogP contribution in [0.5, 0.6) is 0 Å². The number of pyridine rings is 1. The van der Waals surface area contributed by atoms with Crippen molar-refractivity contribution in [3.63, 3.8) is 0 Å². The molecule has 0 aliphatic carbocycles. The van der Waals surface area contributed by atoms with Crippen molar-refractivity contribution in [2.45, 2.75) is 0 Å². The van der Waals surface area contributed by atoms with Crippen molar-refractivity contribution in [1.82, 2.24) is 4.98 Å². The second kappa shape index (κ2) is 6.41. The van der Waals surface area contributed by atoms with Crippen molar-refractivity contribution in [3.05, 3.63) is 21.0 Å². The molecule has 0 unspecified atom stereocenters. The predicted octanol–water partition coefficient (Wildman–Crippen LogP) is 2.33. The number of carbonyl (C=O) groups is 1. The highest BCUT2D eigenvalue weighted by Crippen LogP contribution is 2.26. The number of thioether (sulfide) groups is 1. The molecule has 4 nitrogen and oxygen atoms in total. The molecule has 1 amide bonds. The Morgan fingerprint density at radius 2 is 2.25 bits per heavy atom. The summed E-state index contributed by atoms with van der Waals surface area (Å²) < 4.78 is 14.0. The normalized spacial score (nSPS) is 10.2. The maximum Gasteiger partial charge on any atom is 0.229 e. The van der Waals surface area contributed by atoms with E-state index >= 15 is 0 Å². The van der Waals surface area contributed by atoms with Gasteiger partial charge >= 0.3 is 0 Å². The Hall–Kier alpha value is -0.340. The largest absolute Gasteiger partial charge is 0.369 e. The fourth-order valence-electron chi connectivity index (χ4n) is 0.839. The molecule has 1 rings (SSSR count). The van der Waals surface area contributed by atoms with E-state index < -0.39 is 5.95 Å². The molecule has 0 atom stereocenters. The van der Waals surface area contributed by atoms with Crippen LogP contribution in [0.15, 0.2) is 15.0 Å². The lowest BCUT2D eigenvalue weighted by atomic mass is 10.4. The number of amides is 1. The summed E-state index contributed by atoms with van der Waals surface area (Å²) in [4.78, 5) is 14.1. The minimum atomic E-state index is -0.592. The van der Waals surface area contributed by atoms with E-state index in [0.717, 1.165) is 0 Å². The average molecular weight is 373 g/mol. The predicted molar refractivity (Wildman–Crippen MR) is 69.7 cm³/mol. The molecule has 0 spiro atoms. The maximum absolute atomic E-state index is 13.1. The second-order valence-electron chi connectivity index (χ2n) is 2.73. The van der Waals surface area contributed by atoms with E-state index in [2.05, 4.69) is 42.2 Å². The van der Waals surface area contributed by atoms with E-state index in [1.165, 1.54) is 11.8 Å². The van der Waals surface area contributed by atoms with Crippen molar-refractivity contribution < 1.29 is 9.18 Å². The van der Waals surface area contributed by atoms with Crippen LogP contribution in [0.1, 0.15) is 0 Å². The van der Waals surface area contributed by atoms with Crippen LogP contribution in [-0.4, -0.2) is 22.5 Å². The minimum absolute atomic E-state index is 0.212. The molecule has 0 aromatic carbocycles. The lowest BCUT2D eigenvalue weighted by molar-refractivity contribution is -0.115. The van der Waals surface area contributed by atoms with Crippen molar-refractivity contribution in [2.24, 2.45) is 5.73 Å². The standard InChI is InChI=1S/C8H8Br2FN3OS/c9-4-1-5(10)8(14-7(4)11)13-3-16-2-6(12)15/h1H,2-3H2,(H2,12,15)(H,13,14). The molecule has 88 valence electrons. The molecule has 0 saturated heterocycles. The first kappa shape index (κ1) is 13.7. The first-order valence-electron chi connectivity index (χ1n) is 4.12. The quantitative estimate of drug-likeness (QED) is 0.473. The summed E-state index contributed by atoms with van der Waals surface area (Å²) in [6.45, 7) is 0. The van der Waals surface area contributed by atoms with Gasteiger partial charge in [0.2, 0.25) is 11.9 Å². The van der Waals surface area contributed by atoms with Gasteiger partial charge in [0.15, 0.2) is 0 Å². The van der Waals surface area contributed by atoms with Crippen LogP contribution in [0, 0.1) is 5.95 Å². The topological polar surface area (TPSA) is 68.0 Å². The summed E-state index contributed by atoms with van der Waals surface area (Å²) in [7, 11) is 0. The smallest absolute Gasteiger partial charge is 0.229 e. The molecule has 1 aromatic heterocycles. The Balaban J connectivity index is 2.54. The van der Waals surface area contributed by atoms with Gasteiger partial charge in [-0.1, -0.05) is 0 Å². The van der Waals surface area contributed by atoms with Gasteiger partial charge in [-0.25, -0.2) is 4.98 Å². The molecular formula is C8H8Br2FN3OS. The highest BCUT2D eigenvalue weighted by atomic mass is 79.9. The molecular weight excluding hydrogens is 365 g/mol. The van der Waals surface area contributed by atoms with Crippen molar-refractivity contribution in [3.8, 4) is 0 Å². The highest BCUT2D eigenvalue weighted by Gasteiger charge is 2.07. The zero-order chi connectivity index (χ0) is 12.1. The number of anilines is 1. The number of halogens is 3. The molecule has 16 heavy (non-hydrogen) atoms. The zero-order valence-electron chi connectivity index (χ0n) is 7.97. The van der Waals surface area contributed by atoms with E-state index in [1.54, 1.807) is 6.07 Å². The SMILES string of the molecule is NC(=O)CSCNc1nc(F)c(Br)cc1Br. The van der Waals surface area contributed by atoms with Crippen LogP contribution < -0.4 is 11.1 Å². The summed E-state index contributed by atoms with van der Waals surface area (Å²) in [6.07, 6.45) is 0. The van der Waals surface area contributed by atoms with Crippen molar-refractivity contribution >= 4 is 55.3 Å². The number of rotatable bonds is 5. The van der Waals surface area contributed by atoms with E-state index in [-0.39, 0.29) is 16.1 Å². The van der Waals surface area contributed by atoms with E-state index in [1.807, 2.05) is 0 Å². The lowest BCUT2D eigenvalue weighted by Gasteiger charge is -2.07. The van der Waals surface area contributed by atoms with E-state index in [9.17, 15) is 9.18 Å². The van der Waals surface area contributed by atoms with Crippen LogP contribution in [0.4, 0.5) is 10.2 Å². The monoisotopic (exact) mass is 371 g/mol. The fraction of sp³-hybridized carbons (Fsp3) is 0.250. The van der Waals surface area contributed by atoms with Gasteiger partial charge in [-0.3, -0.25) is 4.79 Å². The lowest BCUT2D eigenvalue weighted by Crippen LogP contribution is -2.14. The van der Waals surface area contributed by atoms with Crippen LogP contribution in [-0.2, 0) is 4.79 Å². The Bertz CT molecular complexity index is 405. The summed E-state index contributed by atoms with van der Waals surface area (Å²) in [6, 6.07) is 1.56. The van der Waals surface area contributed by atoms with Gasteiger partial charge in [0.05, 0.1) is 20.6 Å². The first-order valence-corrected chi connectivity index (χ1v) is 6.86. The maximum atomic E-state index is 13.1. The average Bonchev–Trinajstić information content (AvgIpc) is 2.19. The molecule has 0 aliphatic heterocycles. The molecule has 0 bridgehead atoms. The molecule has 8 heteroatoms. The van der Waals surface area contributed by atoms with Gasteiger partial charge in [0, 0.05) is 0 Å². The number of aromatic nitrogens is 1. The number of nitrogens with one attached hydrogen (secondary N) is 1. The summed E-state index contributed by atoms with van der Waals surface area (Å²) in [5, 5.41) is 2.87. The van der Waals surface area contributed by atoms with E-state index in [4.69, 9.17) is 5.73 Å². The number of nitrogens with zero attached hydrogens (tertiary/aromatic N) is 1. The number of hydrogen-bond acceptors (Lipinski definition) is 4. The van der Waals surface area contributed by atoms with Gasteiger partial charge in [-0.2, -0.15) is 4.39 Å². The summed E-state index contributed by atoms with van der Waals surface area (Å²) in [5.74, 6) is 0.0447. The summed E-state index contributed by atoms with van der Waals surface area (Å²) >= 11 is 7.55. The molecule has 0 aliphatic rings. The van der Waals surface area contributed by atoms with Crippen molar-refractivity contribution in [2.75, 3.05) is 16.9 Å². The Morgan fingerprint density at radius 1 is 1.56 bits per heavy atom. The van der Waals surface area contributed by atoms with Gasteiger partial charge in [0.1, 0.15) is 5.82 Å². The second-order valence-corrected chi connectivity index (χ2v) is 5.42. The first-order chi connectivity index (χ1) is 7.50. The molecule has 0 saturated carbocycles. The van der Waals surface area contributed by atoms with Crippen molar-refractivity contribution in [1.29, 1.82) is 0 Å².